The molecule has 0 unspecified atom stereocenters. The van der Waals surface area contributed by atoms with Gasteiger partial charge in [-0.2, -0.15) is 0 Å². The molecule has 0 atom stereocenters. The van der Waals surface area contributed by atoms with E-state index in [1.165, 1.54) is 10.4 Å². The number of carbonyl (C=O) groups excluding carboxylic acids is 1. The number of carbonyl (C=O) groups is 1. The molecule has 2 N–H and O–H groups in total. The Labute approximate surface area is 149 Å². The Hall–Kier alpha value is -0.620. The molecule has 1 aromatic heterocycles. The summed E-state index contributed by atoms with van der Waals surface area (Å²) in [7, 11) is 1.74. The first-order chi connectivity index (χ1) is 10.6. The van der Waals surface area contributed by atoms with Crippen LogP contribution in [0.2, 0.25) is 0 Å². The van der Waals surface area contributed by atoms with Crippen LogP contribution in [-0.2, 0) is 11.2 Å². The lowest BCUT2D eigenvalue weighted by Crippen LogP contribution is -2.47. The molecule has 23 heavy (non-hydrogen) atoms. The van der Waals surface area contributed by atoms with E-state index in [1.807, 2.05) is 0 Å². The summed E-state index contributed by atoms with van der Waals surface area (Å²) in [5, 5.41) is 6.52. The third kappa shape index (κ3) is 5.45. The Morgan fingerprint density at radius 3 is 2.74 bits per heavy atom. The lowest BCUT2D eigenvalue weighted by Gasteiger charge is -2.37. The molecule has 0 aromatic carbocycles. The van der Waals surface area contributed by atoms with Crippen molar-refractivity contribution >= 4 is 29.7 Å². The number of rotatable bonds is 7. The van der Waals surface area contributed by atoms with Crippen molar-refractivity contribution in [1.82, 2.24) is 10.6 Å². The number of nitrogens with one attached hydrogen (secondary N) is 2. The second kappa shape index (κ2) is 9.62. The molecule has 1 fully saturated rings. The molecule has 0 aliphatic carbocycles. The molecule has 1 aliphatic heterocycles. The number of aryl methyl sites for hydroxylation is 2. The Kier molecular flexibility index (Phi) is 8.54. The quantitative estimate of drug-likeness (QED) is 0.785. The largest absolute Gasteiger partial charge is 0.384 e. The van der Waals surface area contributed by atoms with Crippen molar-refractivity contribution in [3.05, 3.63) is 21.4 Å². The van der Waals surface area contributed by atoms with E-state index < -0.39 is 0 Å². The second-order valence-electron chi connectivity index (χ2n) is 6.31. The zero-order valence-corrected chi connectivity index (χ0v) is 16.0. The summed E-state index contributed by atoms with van der Waals surface area (Å²) in [5.74, 6) is 0.0597. The minimum absolute atomic E-state index is 0. The first-order valence-corrected chi connectivity index (χ1v) is 8.99. The van der Waals surface area contributed by atoms with Gasteiger partial charge in [0.05, 0.1) is 11.5 Å². The number of methoxy groups -OCH3 is 1. The second-order valence-corrected chi connectivity index (χ2v) is 7.56. The summed E-state index contributed by atoms with van der Waals surface area (Å²) in [5.41, 5.74) is 1.39. The van der Waals surface area contributed by atoms with Gasteiger partial charge in [0.15, 0.2) is 0 Å². The van der Waals surface area contributed by atoms with E-state index in [0.29, 0.717) is 13.2 Å². The fourth-order valence-corrected chi connectivity index (χ4v) is 4.13. The van der Waals surface area contributed by atoms with Gasteiger partial charge in [-0.15, -0.1) is 23.7 Å². The highest BCUT2D eigenvalue weighted by molar-refractivity contribution is 7.14. The molecule has 0 radical (unpaired) electrons. The van der Waals surface area contributed by atoms with Gasteiger partial charge < -0.3 is 15.4 Å². The number of hydrogen-bond donors (Lipinski definition) is 2. The molecule has 0 spiro atoms. The molecule has 0 bridgehead atoms. The molecule has 132 valence electrons. The van der Waals surface area contributed by atoms with Crippen LogP contribution in [0.5, 0.6) is 0 Å². The zero-order chi connectivity index (χ0) is 16.0. The topological polar surface area (TPSA) is 50.4 Å². The predicted molar refractivity (Wildman–Crippen MR) is 99.0 cm³/mol. The SMILES string of the molecule is CCCc1cc(C(=O)NCC2(COC)CCNCC2)sc1C.Cl. The zero-order valence-electron chi connectivity index (χ0n) is 14.4. The van der Waals surface area contributed by atoms with E-state index in [2.05, 4.69) is 30.5 Å². The number of ether oxygens (including phenoxy) is 1. The summed E-state index contributed by atoms with van der Waals surface area (Å²) >= 11 is 1.61. The van der Waals surface area contributed by atoms with E-state index in [1.54, 1.807) is 18.4 Å². The third-order valence-electron chi connectivity index (χ3n) is 4.50. The van der Waals surface area contributed by atoms with E-state index in [0.717, 1.165) is 43.6 Å². The van der Waals surface area contributed by atoms with Crippen LogP contribution in [0.15, 0.2) is 6.07 Å². The molecule has 2 heterocycles. The van der Waals surface area contributed by atoms with Gasteiger partial charge in [-0.05, 0) is 50.9 Å². The van der Waals surface area contributed by atoms with Crippen LogP contribution < -0.4 is 10.6 Å². The first-order valence-electron chi connectivity index (χ1n) is 8.17. The summed E-state index contributed by atoms with van der Waals surface area (Å²) in [6.07, 6.45) is 4.26. The fraction of sp³-hybridized carbons (Fsp3) is 0.706. The Bertz CT molecular complexity index is 493. The van der Waals surface area contributed by atoms with Gasteiger partial charge in [0.1, 0.15) is 0 Å². The van der Waals surface area contributed by atoms with Crippen LogP contribution in [0.4, 0.5) is 0 Å². The highest BCUT2D eigenvalue weighted by Crippen LogP contribution is 2.29. The van der Waals surface area contributed by atoms with Gasteiger partial charge in [-0.3, -0.25) is 4.79 Å². The molecular weight excluding hydrogens is 332 g/mol. The number of halogens is 1. The van der Waals surface area contributed by atoms with Crippen molar-refractivity contribution in [3.63, 3.8) is 0 Å². The normalized spacial score (nSPS) is 16.7. The minimum Gasteiger partial charge on any atom is -0.384 e. The highest BCUT2D eigenvalue weighted by atomic mass is 35.5. The fourth-order valence-electron chi connectivity index (χ4n) is 3.14. The minimum atomic E-state index is 0. The van der Waals surface area contributed by atoms with Crippen molar-refractivity contribution in [1.29, 1.82) is 0 Å². The van der Waals surface area contributed by atoms with Gasteiger partial charge in [0.2, 0.25) is 0 Å². The van der Waals surface area contributed by atoms with E-state index in [4.69, 9.17) is 4.74 Å². The molecule has 1 amide bonds. The Balaban J connectivity index is 0.00000264. The smallest absolute Gasteiger partial charge is 0.261 e. The maximum absolute atomic E-state index is 12.4. The van der Waals surface area contributed by atoms with Crippen molar-refractivity contribution in [3.8, 4) is 0 Å². The molecule has 6 heteroatoms. The summed E-state index contributed by atoms with van der Waals surface area (Å²) < 4.78 is 5.40. The maximum atomic E-state index is 12.4. The molecule has 4 nitrogen and oxygen atoms in total. The van der Waals surface area contributed by atoms with Gasteiger partial charge in [-0.25, -0.2) is 0 Å². The Morgan fingerprint density at radius 2 is 2.13 bits per heavy atom. The summed E-state index contributed by atoms with van der Waals surface area (Å²) in [6, 6.07) is 2.06. The molecule has 1 aromatic rings. The van der Waals surface area contributed by atoms with Gasteiger partial charge in [-0.1, -0.05) is 13.3 Å². The summed E-state index contributed by atoms with van der Waals surface area (Å²) in [4.78, 5) is 14.5. The average molecular weight is 361 g/mol. The standard InChI is InChI=1S/C17H28N2O2S.ClH/c1-4-5-14-10-15(22-13(14)2)16(20)19-11-17(12-21-3)6-8-18-9-7-17;/h10,18H,4-9,11-12H2,1-3H3,(H,19,20);1H. The summed E-state index contributed by atoms with van der Waals surface area (Å²) in [6.45, 7) is 7.67. The maximum Gasteiger partial charge on any atom is 0.261 e. The van der Waals surface area contributed by atoms with Crippen LogP contribution in [-0.4, -0.2) is 39.3 Å². The van der Waals surface area contributed by atoms with Crippen LogP contribution in [0.25, 0.3) is 0 Å². The van der Waals surface area contributed by atoms with Crippen molar-refractivity contribution < 1.29 is 9.53 Å². The van der Waals surface area contributed by atoms with E-state index in [-0.39, 0.29) is 23.7 Å². The van der Waals surface area contributed by atoms with Crippen LogP contribution >= 0.6 is 23.7 Å². The molecule has 0 saturated carbocycles. The molecule has 1 aliphatic rings. The number of thiophene rings is 1. The molecular formula is C17H29ClN2O2S. The monoisotopic (exact) mass is 360 g/mol. The number of amides is 1. The van der Waals surface area contributed by atoms with Crippen molar-refractivity contribution in [2.75, 3.05) is 33.4 Å². The van der Waals surface area contributed by atoms with Crippen LogP contribution in [0.3, 0.4) is 0 Å². The van der Waals surface area contributed by atoms with Crippen molar-refractivity contribution in [2.45, 2.75) is 39.5 Å². The van der Waals surface area contributed by atoms with Crippen LogP contribution in [0.1, 0.15) is 46.3 Å². The molecule has 2 rings (SSSR count). The first kappa shape index (κ1) is 20.4. The third-order valence-corrected chi connectivity index (χ3v) is 5.59. The van der Waals surface area contributed by atoms with Crippen molar-refractivity contribution in [2.24, 2.45) is 5.41 Å². The van der Waals surface area contributed by atoms with E-state index >= 15 is 0 Å². The average Bonchev–Trinajstić information content (AvgIpc) is 2.88. The number of piperidine rings is 1. The highest BCUT2D eigenvalue weighted by Gasteiger charge is 2.32. The lowest BCUT2D eigenvalue weighted by atomic mass is 9.79. The van der Waals surface area contributed by atoms with Gasteiger partial charge in [0, 0.05) is 23.9 Å². The Morgan fingerprint density at radius 1 is 1.43 bits per heavy atom. The lowest BCUT2D eigenvalue weighted by molar-refractivity contribution is 0.0512. The van der Waals surface area contributed by atoms with E-state index in [9.17, 15) is 4.79 Å². The van der Waals surface area contributed by atoms with Crippen LogP contribution in [0, 0.1) is 12.3 Å². The van der Waals surface area contributed by atoms with Gasteiger partial charge in [0.25, 0.3) is 5.91 Å². The van der Waals surface area contributed by atoms with Gasteiger partial charge >= 0.3 is 0 Å². The molecule has 1 saturated heterocycles. The predicted octanol–water partition coefficient (Wildman–Crippen LogP) is 3.18. The number of hydrogen-bond acceptors (Lipinski definition) is 4.